The number of halogens is 1. The van der Waals surface area contributed by atoms with Crippen molar-refractivity contribution in [2.75, 3.05) is 5.73 Å². The molecule has 2 N–H and O–H groups in total. The molecule has 18 heavy (non-hydrogen) atoms. The molecule has 1 amide bonds. The summed E-state index contributed by atoms with van der Waals surface area (Å²) in [5, 5.41) is 0. The van der Waals surface area contributed by atoms with Gasteiger partial charge in [0.1, 0.15) is 5.82 Å². The Hall–Kier alpha value is -1.58. The third kappa shape index (κ3) is 2.07. The van der Waals surface area contributed by atoms with E-state index in [1.807, 2.05) is 11.8 Å². The summed E-state index contributed by atoms with van der Waals surface area (Å²) in [4.78, 5) is 14.3. The van der Waals surface area contributed by atoms with Crippen molar-refractivity contribution in [1.29, 1.82) is 0 Å². The third-order valence-electron chi connectivity index (χ3n) is 3.78. The van der Waals surface area contributed by atoms with Crippen molar-refractivity contribution in [3.8, 4) is 0 Å². The largest absolute Gasteiger partial charge is 0.396 e. The van der Waals surface area contributed by atoms with Gasteiger partial charge in [-0.25, -0.2) is 4.39 Å². The van der Waals surface area contributed by atoms with Crippen molar-refractivity contribution in [2.24, 2.45) is 0 Å². The fourth-order valence-corrected chi connectivity index (χ4v) is 2.70. The van der Waals surface area contributed by atoms with Crippen LogP contribution in [0.4, 0.5) is 10.1 Å². The van der Waals surface area contributed by atoms with Gasteiger partial charge in [-0.2, -0.15) is 0 Å². The predicted molar refractivity (Wildman–Crippen MR) is 69.8 cm³/mol. The zero-order chi connectivity index (χ0) is 13.3. The molecule has 1 aliphatic heterocycles. The zero-order valence-corrected chi connectivity index (χ0v) is 10.8. The molecular formula is C14H19FN2O. The van der Waals surface area contributed by atoms with E-state index in [0.29, 0.717) is 0 Å². The second kappa shape index (κ2) is 4.96. The standard InChI is InChI=1S/C14H19FN2O/c1-3-10-8-7-9(2)17(10)14(18)11-5-4-6-12(15)13(11)16/h4-6,9-10H,3,7-8,16H2,1-2H3. The third-order valence-corrected chi connectivity index (χ3v) is 3.78. The Bertz CT molecular complexity index is 461. The summed E-state index contributed by atoms with van der Waals surface area (Å²) in [7, 11) is 0. The van der Waals surface area contributed by atoms with Crippen LogP contribution in [-0.2, 0) is 0 Å². The summed E-state index contributed by atoms with van der Waals surface area (Å²) in [6.45, 7) is 4.10. The van der Waals surface area contributed by atoms with E-state index in [4.69, 9.17) is 5.73 Å². The van der Waals surface area contributed by atoms with Crippen LogP contribution in [0.2, 0.25) is 0 Å². The first-order valence-electron chi connectivity index (χ1n) is 6.43. The molecule has 1 heterocycles. The van der Waals surface area contributed by atoms with Crippen LogP contribution in [0.5, 0.6) is 0 Å². The van der Waals surface area contributed by atoms with Gasteiger partial charge in [-0.1, -0.05) is 13.0 Å². The Morgan fingerprint density at radius 1 is 1.50 bits per heavy atom. The maximum absolute atomic E-state index is 13.4. The summed E-state index contributed by atoms with van der Waals surface area (Å²) in [5.74, 6) is -0.676. The molecule has 1 aromatic rings. The summed E-state index contributed by atoms with van der Waals surface area (Å²) in [5.41, 5.74) is 5.90. The van der Waals surface area contributed by atoms with Crippen LogP contribution in [0.3, 0.4) is 0 Å². The van der Waals surface area contributed by atoms with Crippen LogP contribution in [0.25, 0.3) is 0 Å². The Kier molecular flexibility index (Phi) is 3.55. The maximum atomic E-state index is 13.4. The molecule has 1 saturated heterocycles. The quantitative estimate of drug-likeness (QED) is 0.820. The van der Waals surface area contributed by atoms with E-state index in [1.54, 1.807) is 6.07 Å². The molecule has 2 atom stereocenters. The van der Waals surface area contributed by atoms with Gasteiger partial charge >= 0.3 is 0 Å². The summed E-state index contributed by atoms with van der Waals surface area (Å²) < 4.78 is 13.4. The summed E-state index contributed by atoms with van der Waals surface area (Å²) >= 11 is 0. The molecule has 1 aromatic carbocycles. The maximum Gasteiger partial charge on any atom is 0.256 e. The fourth-order valence-electron chi connectivity index (χ4n) is 2.70. The van der Waals surface area contributed by atoms with Gasteiger partial charge in [-0.15, -0.1) is 0 Å². The molecule has 3 nitrogen and oxygen atoms in total. The van der Waals surface area contributed by atoms with Crippen LogP contribution < -0.4 is 5.73 Å². The highest BCUT2D eigenvalue weighted by Crippen LogP contribution is 2.29. The molecule has 1 aliphatic rings. The molecule has 2 unspecified atom stereocenters. The van der Waals surface area contributed by atoms with Crippen LogP contribution in [-0.4, -0.2) is 22.9 Å². The smallest absolute Gasteiger partial charge is 0.256 e. The van der Waals surface area contributed by atoms with Crippen molar-refractivity contribution in [1.82, 2.24) is 4.90 Å². The van der Waals surface area contributed by atoms with Gasteiger partial charge in [0.2, 0.25) is 0 Å². The molecule has 2 rings (SSSR count). The molecule has 1 fully saturated rings. The number of carbonyl (C=O) groups is 1. The van der Waals surface area contributed by atoms with Gasteiger partial charge in [0.15, 0.2) is 0 Å². The number of hydrogen-bond donors (Lipinski definition) is 1. The number of likely N-dealkylation sites (tertiary alicyclic amines) is 1. The van der Waals surface area contributed by atoms with E-state index in [2.05, 4.69) is 6.92 Å². The van der Waals surface area contributed by atoms with Crippen LogP contribution in [0.15, 0.2) is 18.2 Å². The van der Waals surface area contributed by atoms with Gasteiger partial charge in [0, 0.05) is 12.1 Å². The summed E-state index contributed by atoms with van der Waals surface area (Å²) in [6, 6.07) is 4.84. The second-order valence-corrected chi connectivity index (χ2v) is 4.90. The van der Waals surface area contributed by atoms with E-state index in [1.165, 1.54) is 12.1 Å². The minimum absolute atomic E-state index is 0.0450. The Morgan fingerprint density at radius 3 is 2.89 bits per heavy atom. The first-order valence-corrected chi connectivity index (χ1v) is 6.43. The number of carbonyl (C=O) groups excluding carboxylic acids is 1. The van der Waals surface area contributed by atoms with E-state index in [9.17, 15) is 9.18 Å². The SMILES string of the molecule is CCC1CCC(C)N1C(=O)c1cccc(F)c1N. The lowest BCUT2D eigenvalue weighted by Crippen LogP contribution is -2.40. The minimum Gasteiger partial charge on any atom is -0.396 e. The lowest BCUT2D eigenvalue weighted by molar-refractivity contribution is 0.0677. The Balaban J connectivity index is 2.33. The van der Waals surface area contributed by atoms with Gasteiger partial charge in [-0.05, 0) is 38.3 Å². The zero-order valence-electron chi connectivity index (χ0n) is 10.8. The van der Waals surface area contributed by atoms with Crippen molar-refractivity contribution < 1.29 is 9.18 Å². The van der Waals surface area contributed by atoms with Gasteiger partial charge < -0.3 is 10.6 Å². The van der Waals surface area contributed by atoms with E-state index in [0.717, 1.165) is 19.3 Å². The Morgan fingerprint density at radius 2 is 2.22 bits per heavy atom. The van der Waals surface area contributed by atoms with E-state index in [-0.39, 0.29) is 29.2 Å². The monoisotopic (exact) mass is 250 g/mol. The molecule has 0 saturated carbocycles. The summed E-state index contributed by atoms with van der Waals surface area (Å²) in [6.07, 6.45) is 2.93. The molecule has 0 spiro atoms. The lowest BCUT2D eigenvalue weighted by atomic mass is 10.1. The average molecular weight is 250 g/mol. The highest BCUT2D eigenvalue weighted by atomic mass is 19.1. The van der Waals surface area contributed by atoms with Crippen LogP contribution in [0.1, 0.15) is 43.5 Å². The average Bonchev–Trinajstić information content (AvgIpc) is 2.73. The molecular weight excluding hydrogens is 231 g/mol. The number of rotatable bonds is 2. The number of anilines is 1. The lowest BCUT2D eigenvalue weighted by Gasteiger charge is -2.28. The Labute approximate surface area is 107 Å². The van der Waals surface area contributed by atoms with Gasteiger partial charge in [0.25, 0.3) is 5.91 Å². The number of para-hydroxylation sites is 1. The molecule has 0 bridgehead atoms. The highest BCUT2D eigenvalue weighted by Gasteiger charge is 2.34. The first kappa shape index (κ1) is 12.9. The minimum atomic E-state index is -0.527. The number of amides is 1. The molecule has 0 aromatic heterocycles. The van der Waals surface area contributed by atoms with Crippen molar-refractivity contribution in [2.45, 2.75) is 45.2 Å². The topological polar surface area (TPSA) is 46.3 Å². The fraction of sp³-hybridized carbons (Fsp3) is 0.500. The van der Waals surface area contributed by atoms with E-state index >= 15 is 0 Å². The number of benzene rings is 1. The molecule has 98 valence electrons. The van der Waals surface area contributed by atoms with Crippen molar-refractivity contribution >= 4 is 11.6 Å². The molecule has 0 aliphatic carbocycles. The molecule has 4 heteroatoms. The normalized spacial score (nSPS) is 23.4. The number of nitrogens with two attached hydrogens (primary N) is 1. The van der Waals surface area contributed by atoms with Gasteiger partial charge in [0.05, 0.1) is 11.3 Å². The van der Waals surface area contributed by atoms with E-state index < -0.39 is 5.82 Å². The number of hydrogen-bond acceptors (Lipinski definition) is 2. The number of nitrogen functional groups attached to an aromatic ring is 1. The van der Waals surface area contributed by atoms with Gasteiger partial charge in [-0.3, -0.25) is 4.79 Å². The highest BCUT2D eigenvalue weighted by molar-refractivity contribution is 5.99. The molecule has 0 radical (unpaired) electrons. The van der Waals surface area contributed by atoms with Crippen LogP contribution in [0, 0.1) is 5.82 Å². The van der Waals surface area contributed by atoms with Crippen molar-refractivity contribution in [3.63, 3.8) is 0 Å². The number of nitrogens with zero attached hydrogens (tertiary/aromatic N) is 1. The van der Waals surface area contributed by atoms with Crippen LogP contribution >= 0.6 is 0 Å². The second-order valence-electron chi connectivity index (χ2n) is 4.90. The first-order chi connectivity index (χ1) is 8.56. The van der Waals surface area contributed by atoms with Crippen molar-refractivity contribution in [3.05, 3.63) is 29.6 Å². The predicted octanol–water partition coefficient (Wildman–Crippen LogP) is 2.81.